The van der Waals surface area contributed by atoms with E-state index in [4.69, 9.17) is 14.2 Å². The molecule has 0 aromatic heterocycles. The summed E-state index contributed by atoms with van der Waals surface area (Å²) in [5, 5.41) is 3.85. The van der Waals surface area contributed by atoms with Gasteiger partial charge in [-0.05, 0) is 24.3 Å². The molecule has 0 heterocycles. The Labute approximate surface area is 169 Å². The Balaban J connectivity index is 2.09. The fourth-order valence-corrected chi connectivity index (χ4v) is 3.72. The lowest BCUT2D eigenvalue weighted by atomic mass is 10.2. The molecular weight excluding hydrogens is 398 g/mol. The van der Waals surface area contributed by atoms with Gasteiger partial charge in [0.25, 0.3) is 5.91 Å². The molecule has 0 aliphatic carbocycles. The Kier molecular flexibility index (Phi) is 7.57. The number of rotatable bonds is 9. The van der Waals surface area contributed by atoms with Crippen LogP contribution in [-0.2, 0) is 14.8 Å². The van der Waals surface area contributed by atoms with Crippen molar-refractivity contribution < 1.29 is 27.4 Å². The zero-order chi connectivity index (χ0) is 21.4. The van der Waals surface area contributed by atoms with Gasteiger partial charge >= 0.3 is 0 Å². The molecule has 29 heavy (non-hydrogen) atoms. The first-order valence-corrected chi connectivity index (χ1v) is 9.90. The summed E-state index contributed by atoms with van der Waals surface area (Å²) in [6.07, 6.45) is 1.41. The first-order valence-electron chi connectivity index (χ1n) is 8.46. The molecule has 9 nitrogen and oxygen atoms in total. The van der Waals surface area contributed by atoms with Gasteiger partial charge in [-0.3, -0.25) is 4.79 Å². The summed E-state index contributed by atoms with van der Waals surface area (Å²) in [5.74, 6) is 0.482. The molecule has 0 atom stereocenters. The van der Waals surface area contributed by atoms with Crippen LogP contribution in [0.4, 0.5) is 0 Å². The van der Waals surface area contributed by atoms with E-state index in [1.165, 1.54) is 46.7 Å². The largest absolute Gasteiger partial charge is 0.497 e. The maximum absolute atomic E-state index is 12.8. The minimum Gasteiger partial charge on any atom is -0.497 e. The molecule has 1 N–H and O–H groups in total. The van der Waals surface area contributed by atoms with Crippen molar-refractivity contribution in [2.75, 3.05) is 34.9 Å². The summed E-state index contributed by atoms with van der Waals surface area (Å²) in [6.45, 7) is -0.439. The quantitative estimate of drug-likeness (QED) is 0.486. The number of nitrogens with zero attached hydrogens (tertiary/aromatic N) is 2. The molecule has 0 bridgehead atoms. The molecule has 0 fully saturated rings. The number of hydrazone groups is 1. The van der Waals surface area contributed by atoms with Crippen molar-refractivity contribution in [3.8, 4) is 17.2 Å². The van der Waals surface area contributed by atoms with E-state index in [1.807, 2.05) is 0 Å². The Morgan fingerprint density at radius 3 is 2.41 bits per heavy atom. The number of hydrogen-bond donors (Lipinski definition) is 1. The highest BCUT2D eigenvalue weighted by atomic mass is 32.2. The molecule has 0 saturated carbocycles. The second-order valence-electron chi connectivity index (χ2n) is 5.81. The second kappa shape index (κ2) is 9.89. The molecule has 0 aliphatic heterocycles. The summed E-state index contributed by atoms with van der Waals surface area (Å²) in [4.78, 5) is 12.0. The highest BCUT2D eigenvalue weighted by Gasteiger charge is 2.27. The predicted molar refractivity (Wildman–Crippen MR) is 108 cm³/mol. The van der Waals surface area contributed by atoms with Gasteiger partial charge in [-0.2, -0.15) is 9.41 Å². The van der Waals surface area contributed by atoms with Crippen LogP contribution in [0.3, 0.4) is 0 Å². The van der Waals surface area contributed by atoms with Crippen LogP contribution in [0.5, 0.6) is 17.2 Å². The van der Waals surface area contributed by atoms with Gasteiger partial charge in [0.2, 0.25) is 10.0 Å². The maximum atomic E-state index is 12.8. The molecule has 0 aliphatic rings. The summed E-state index contributed by atoms with van der Waals surface area (Å²) in [5.41, 5.74) is 2.97. The van der Waals surface area contributed by atoms with Crippen molar-refractivity contribution in [2.24, 2.45) is 5.10 Å². The number of carbonyl (C=O) groups is 1. The van der Waals surface area contributed by atoms with Crippen LogP contribution in [0.2, 0.25) is 0 Å². The van der Waals surface area contributed by atoms with Crippen molar-refractivity contribution in [3.63, 3.8) is 0 Å². The van der Waals surface area contributed by atoms with Crippen LogP contribution in [0.1, 0.15) is 5.56 Å². The number of para-hydroxylation sites is 1. The number of benzene rings is 2. The number of hydrogen-bond acceptors (Lipinski definition) is 7. The average molecular weight is 421 g/mol. The molecule has 156 valence electrons. The minimum absolute atomic E-state index is 0.104. The van der Waals surface area contributed by atoms with Crippen LogP contribution in [-0.4, -0.2) is 59.8 Å². The zero-order valence-corrected chi connectivity index (χ0v) is 17.4. The lowest BCUT2D eigenvalue weighted by molar-refractivity contribution is -0.121. The third kappa shape index (κ3) is 5.46. The third-order valence-corrected chi connectivity index (χ3v) is 5.78. The van der Waals surface area contributed by atoms with Crippen LogP contribution in [0.25, 0.3) is 0 Å². The number of sulfonamides is 1. The molecule has 0 radical (unpaired) electrons. The summed E-state index contributed by atoms with van der Waals surface area (Å²) in [6, 6.07) is 11.5. The van der Waals surface area contributed by atoms with E-state index in [0.29, 0.717) is 17.1 Å². The Bertz CT molecular complexity index is 991. The van der Waals surface area contributed by atoms with E-state index >= 15 is 0 Å². The number of carbonyl (C=O) groups excluding carboxylic acids is 1. The number of likely N-dealkylation sites (N-methyl/N-ethyl adjacent to an activating group) is 1. The molecule has 1 amide bonds. The number of nitrogens with one attached hydrogen (secondary N) is 1. The molecular formula is C19H23N3O6S. The van der Waals surface area contributed by atoms with E-state index < -0.39 is 22.5 Å². The van der Waals surface area contributed by atoms with E-state index in [2.05, 4.69) is 10.5 Å². The number of methoxy groups -OCH3 is 3. The van der Waals surface area contributed by atoms with E-state index in [9.17, 15) is 13.2 Å². The maximum Gasteiger partial charge on any atom is 0.255 e. The lowest BCUT2D eigenvalue weighted by Gasteiger charge is -2.18. The van der Waals surface area contributed by atoms with Crippen LogP contribution in [0, 0.1) is 0 Å². The average Bonchev–Trinajstić information content (AvgIpc) is 2.73. The molecule has 10 heteroatoms. The molecule has 0 saturated heterocycles. The smallest absolute Gasteiger partial charge is 0.255 e. The van der Waals surface area contributed by atoms with Crippen molar-refractivity contribution >= 4 is 22.1 Å². The number of ether oxygens (including phenoxy) is 3. The molecule has 2 aromatic rings. The Morgan fingerprint density at radius 1 is 1.07 bits per heavy atom. The van der Waals surface area contributed by atoms with Gasteiger partial charge in [0.1, 0.15) is 22.1 Å². The lowest BCUT2D eigenvalue weighted by Crippen LogP contribution is -2.36. The summed E-state index contributed by atoms with van der Waals surface area (Å²) in [7, 11) is 1.60. The monoisotopic (exact) mass is 421 g/mol. The third-order valence-electron chi connectivity index (χ3n) is 3.96. The second-order valence-corrected chi connectivity index (χ2v) is 7.83. The van der Waals surface area contributed by atoms with Gasteiger partial charge in [-0.15, -0.1) is 0 Å². The molecule has 2 aromatic carbocycles. The van der Waals surface area contributed by atoms with E-state index in [0.717, 1.165) is 4.31 Å². The zero-order valence-electron chi connectivity index (χ0n) is 16.6. The van der Waals surface area contributed by atoms with Crippen molar-refractivity contribution in [2.45, 2.75) is 4.90 Å². The first kappa shape index (κ1) is 22.2. The van der Waals surface area contributed by atoms with Crippen molar-refractivity contribution in [1.82, 2.24) is 9.73 Å². The van der Waals surface area contributed by atoms with Gasteiger partial charge in [-0.25, -0.2) is 13.8 Å². The first-order chi connectivity index (χ1) is 13.8. The minimum atomic E-state index is -4.00. The highest BCUT2D eigenvalue weighted by molar-refractivity contribution is 7.89. The van der Waals surface area contributed by atoms with Gasteiger partial charge in [0.15, 0.2) is 0 Å². The molecule has 0 spiro atoms. The predicted octanol–water partition coefficient (Wildman–Crippen LogP) is 1.48. The summed E-state index contributed by atoms with van der Waals surface area (Å²) >= 11 is 0. The number of amides is 1. The van der Waals surface area contributed by atoms with Gasteiger partial charge < -0.3 is 14.2 Å². The standard InChI is InChI=1S/C19H23N3O6S/c1-22(29(24,25)18-11-15(26-2)9-10-17(18)28-4)13-19(23)21-20-12-14-7-5-6-8-16(14)27-3/h5-12H,13H2,1-4H3,(H,21,23)/b20-12-. The van der Waals surface area contributed by atoms with Crippen LogP contribution >= 0.6 is 0 Å². The van der Waals surface area contributed by atoms with Crippen LogP contribution < -0.4 is 19.6 Å². The van der Waals surface area contributed by atoms with Gasteiger partial charge in [0, 0.05) is 18.7 Å². The SMILES string of the molecule is COc1ccc(OC)c(S(=O)(=O)N(C)CC(=O)N/N=C\c2ccccc2OC)c1. The fraction of sp³-hybridized carbons (Fsp3) is 0.263. The summed E-state index contributed by atoms with van der Waals surface area (Å²) < 4.78 is 42.0. The van der Waals surface area contributed by atoms with Crippen molar-refractivity contribution in [1.29, 1.82) is 0 Å². The van der Waals surface area contributed by atoms with Crippen molar-refractivity contribution in [3.05, 3.63) is 48.0 Å². The van der Waals surface area contributed by atoms with Gasteiger partial charge in [-0.1, -0.05) is 12.1 Å². The topological polar surface area (TPSA) is 107 Å². The Hall–Kier alpha value is -3.11. The normalized spacial score (nSPS) is 11.5. The Morgan fingerprint density at radius 2 is 1.76 bits per heavy atom. The fourth-order valence-electron chi connectivity index (χ4n) is 2.42. The van der Waals surface area contributed by atoms with E-state index in [-0.39, 0.29) is 10.6 Å². The molecule has 2 rings (SSSR count). The van der Waals surface area contributed by atoms with Gasteiger partial charge in [0.05, 0.1) is 34.1 Å². The van der Waals surface area contributed by atoms with E-state index in [1.54, 1.807) is 30.3 Å². The van der Waals surface area contributed by atoms with Crippen LogP contribution in [0.15, 0.2) is 52.5 Å². The highest BCUT2D eigenvalue weighted by Crippen LogP contribution is 2.30. The molecule has 0 unspecified atom stereocenters.